The van der Waals surface area contributed by atoms with Gasteiger partial charge in [-0.3, -0.25) is 14.9 Å². The second-order valence-corrected chi connectivity index (χ2v) is 5.61. The van der Waals surface area contributed by atoms with Crippen molar-refractivity contribution in [2.75, 3.05) is 5.32 Å². The first-order valence-corrected chi connectivity index (χ1v) is 7.73. The topological polar surface area (TPSA) is 143 Å². The van der Waals surface area contributed by atoms with Gasteiger partial charge in [0.2, 0.25) is 0 Å². The standard InChI is InChI=1S/C18H15N3O6/c1-10-4-3-5-14(16(10)22)18(24)27-11(2)17(23)20-15-7-6-13(21(25)26)8-12(15)9-19/h3-8,11,22H,1-2H3,(H,20,23)/t11-/m1/s1. The molecule has 2 rings (SSSR count). The van der Waals surface area contributed by atoms with Crippen LogP contribution in [0.15, 0.2) is 36.4 Å². The van der Waals surface area contributed by atoms with Crippen LogP contribution >= 0.6 is 0 Å². The number of benzene rings is 2. The number of carbonyl (C=O) groups is 2. The number of nitriles is 1. The fourth-order valence-electron chi connectivity index (χ4n) is 2.18. The van der Waals surface area contributed by atoms with Crippen molar-refractivity contribution in [1.29, 1.82) is 5.26 Å². The zero-order valence-electron chi connectivity index (χ0n) is 14.4. The van der Waals surface area contributed by atoms with Gasteiger partial charge in [-0.25, -0.2) is 4.79 Å². The van der Waals surface area contributed by atoms with Crippen LogP contribution in [0, 0.1) is 28.4 Å². The molecule has 0 heterocycles. The van der Waals surface area contributed by atoms with Gasteiger partial charge in [-0.15, -0.1) is 0 Å². The van der Waals surface area contributed by atoms with Crippen LogP contribution in [0.2, 0.25) is 0 Å². The molecule has 0 fully saturated rings. The van der Waals surface area contributed by atoms with E-state index < -0.39 is 22.9 Å². The van der Waals surface area contributed by atoms with E-state index in [1.807, 2.05) is 0 Å². The number of amides is 1. The molecule has 9 heteroatoms. The third-order valence-electron chi connectivity index (χ3n) is 3.70. The maximum absolute atomic E-state index is 12.2. The molecule has 0 spiro atoms. The highest BCUT2D eigenvalue weighted by Gasteiger charge is 2.22. The number of non-ortho nitro benzene ring substituents is 1. The Bertz CT molecular complexity index is 964. The molecule has 2 aromatic rings. The van der Waals surface area contributed by atoms with Crippen LogP contribution in [0.1, 0.15) is 28.4 Å². The van der Waals surface area contributed by atoms with E-state index in [1.165, 1.54) is 19.1 Å². The number of nitro benzene ring substituents is 1. The summed E-state index contributed by atoms with van der Waals surface area (Å²) in [6, 6.07) is 9.67. The van der Waals surface area contributed by atoms with Gasteiger partial charge in [-0.2, -0.15) is 5.26 Å². The third kappa shape index (κ3) is 4.38. The Morgan fingerprint density at radius 2 is 2.04 bits per heavy atom. The summed E-state index contributed by atoms with van der Waals surface area (Å²) in [6.45, 7) is 2.93. The van der Waals surface area contributed by atoms with E-state index in [-0.39, 0.29) is 28.3 Å². The van der Waals surface area contributed by atoms with Crippen LogP contribution in [0.3, 0.4) is 0 Å². The molecule has 0 aromatic heterocycles. The molecule has 0 aliphatic heterocycles. The van der Waals surface area contributed by atoms with Gasteiger partial charge in [0.05, 0.1) is 16.2 Å². The van der Waals surface area contributed by atoms with E-state index in [2.05, 4.69) is 5.32 Å². The first-order valence-electron chi connectivity index (χ1n) is 7.73. The Morgan fingerprint density at radius 1 is 1.33 bits per heavy atom. The van der Waals surface area contributed by atoms with Gasteiger partial charge in [-0.05, 0) is 31.5 Å². The third-order valence-corrected chi connectivity index (χ3v) is 3.70. The number of esters is 1. The summed E-state index contributed by atoms with van der Waals surface area (Å²) in [4.78, 5) is 34.4. The SMILES string of the molecule is Cc1cccc(C(=O)O[C@H](C)C(=O)Nc2ccc([N+](=O)[O-])cc2C#N)c1O. The predicted molar refractivity (Wildman–Crippen MR) is 94.2 cm³/mol. The van der Waals surface area contributed by atoms with Crippen LogP contribution < -0.4 is 5.32 Å². The molecule has 0 bridgehead atoms. The summed E-state index contributed by atoms with van der Waals surface area (Å²) >= 11 is 0. The van der Waals surface area contributed by atoms with Gasteiger partial charge in [0.15, 0.2) is 6.10 Å². The molecule has 0 aliphatic rings. The van der Waals surface area contributed by atoms with Crippen molar-refractivity contribution < 1.29 is 24.4 Å². The lowest BCUT2D eigenvalue weighted by Gasteiger charge is -2.15. The van der Waals surface area contributed by atoms with Gasteiger partial charge in [0.1, 0.15) is 17.4 Å². The number of nitrogens with zero attached hydrogens (tertiary/aromatic N) is 2. The van der Waals surface area contributed by atoms with E-state index in [1.54, 1.807) is 25.1 Å². The highest BCUT2D eigenvalue weighted by atomic mass is 16.6. The number of nitro groups is 1. The first kappa shape index (κ1) is 19.4. The largest absolute Gasteiger partial charge is 0.507 e. The van der Waals surface area contributed by atoms with Crippen LogP contribution in [0.5, 0.6) is 5.75 Å². The zero-order valence-corrected chi connectivity index (χ0v) is 14.4. The van der Waals surface area contributed by atoms with Crippen LogP contribution in [0.25, 0.3) is 0 Å². The van der Waals surface area contributed by atoms with Gasteiger partial charge in [-0.1, -0.05) is 12.1 Å². The lowest BCUT2D eigenvalue weighted by molar-refractivity contribution is -0.384. The summed E-state index contributed by atoms with van der Waals surface area (Å²) in [5, 5.41) is 32.1. The summed E-state index contributed by atoms with van der Waals surface area (Å²) in [5.74, 6) is -1.86. The number of aromatic hydroxyl groups is 1. The molecule has 0 saturated heterocycles. The molecular weight excluding hydrogens is 354 g/mol. The quantitative estimate of drug-likeness (QED) is 0.468. The van der Waals surface area contributed by atoms with Crippen molar-refractivity contribution in [3.8, 4) is 11.8 Å². The second-order valence-electron chi connectivity index (χ2n) is 5.61. The number of hydrogen-bond acceptors (Lipinski definition) is 7. The fraction of sp³-hybridized carbons (Fsp3) is 0.167. The Labute approximate surface area is 154 Å². The maximum Gasteiger partial charge on any atom is 0.342 e. The van der Waals surface area contributed by atoms with Gasteiger partial charge >= 0.3 is 5.97 Å². The van der Waals surface area contributed by atoms with E-state index in [0.29, 0.717) is 5.56 Å². The Hall–Kier alpha value is -3.93. The normalized spacial score (nSPS) is 11.1. The maximum atomic E-state index is 12.2. The van der Waals surface area contributed by atoms with Crippen LogP contribution in [-0.2, 0) is 9.53 Å². The molecule has 0 saturated carbocycles. The molecule has 27 heavy (non-hydrogen) atoms. The molecule has 1 atom stereocenters. The van der Waals surface area contributed by atoms with E-state index in [4.69, 9.17) is 10.00 Å². The molecule has 9 nitrogen and oxygen atoms in total. The minimum Gasteiger partial charge on any atom is -0.507 e. The lowest BCUT2D eigenvalue weighted by Crippen LogP contribution is -2.30. The minimum atomic E-state index is -1.24. The van der Waals surface area contributed by atoms with Gasteiger partial charge in [0.25, 0.3) is 11.6 Å². The van der Waals surface area contributed by atoms with Crippen LogP contribution in [-0.4, -0.2) is 28.0 Å². The number of hydrogen-bond donors (Lipinski definition) is 2. The molecular formula is C18H15N3O6. The lowest BCUT2D eigenvalue weighted by atomic mass is 10.1. The number of carbonyl (C=O) groups excluding carboxylic acids is 2. The van der Waals surface area contributed by atoms with Crippen molar-refractivity contribution in [3.05, 3.63) is 63.2 Å². The predicted octanol–water partition coefficient (Wildman–Crippen LogP) is 2.66. The Morgan fingerprint density at radius 3 is 2.67 bits per heavy atom. The smallest absolute Gasteiger partial charge is 0.342 e. The van der Waals surface area contributed by atoms with E-state index in [9.17, 15) is 24.8 Å². The second kappa shape index (κ2) is 7.97. The number of phenols is 1. The summed E-state index contributed by atoms with van der Waals surface area (Å²) in [6.07, 6.45) is -1.24. The molecule has 138 valence electrons. The van der Waals surface area contributed by atoms with Crippen molar-refractivity contribution in [2.24, 2.45) is 0 Å². The number of rotatable bonds is 5. The number of phenolic OH excluding ortho intramolecular Hbond substituents is 1. The molecule has 0 radical (unpaired) electrons. The Balaban J connectivity index is 2.12. The first-order chi connectivity index (χ1) is 12.7. The number of anilines is 1. The van der Waals surface area contributed by atoms with Crippen LogP contribution in [0.4, 0.5) is 11.4 Å². The molecule has 0 aliphatic carbocycles. The van der Waals surface area contributed by atoms with Crippen molar-refractivity contribution in [3.63, 3.8) is 0 Å². The Kier molecular flexibility index (Phi) is 5.72. The zero-order chi connectivity index (χ0) is 20.1. The highest BCUT2D eigenvalue weighted by Crippen LogP contribution is 2.24. The van der Waals surface area contributed by atoms with Crippen molar-refractivity contribution >= 4 is 23.3 Å². The monoisotopic (exact) mass is 369 g/mol. The molecule has 1 amide bonds. The molecule has 0 unspecified atom stereocenters. The summed E-state index contributed by atoms with van der Waals surface area (Å²) in [5.41, 5.74) is 0.0505. The molecule has 2 aromatic carbocycles. The average molecular weight is 369 g/mol. The molecule has 2 N–H and O–H groups in total. The van der Waals surface area contributed by atoms with Crippen molar-refractivity contribution in [2.45, 2.75) is 20.0 Å². The number of para-hydroxylation sites is 1. The van der Waals surface area contributed by atoms with Gasteiger partial charge < -0.3 is 15.2 Å². The fourth-order valence-corrected chi connectivity index (χ4v) is 2.18. The minimum absolute atomic E-state index is 0.0504. The average Bonchev–Trinajstić information content (AvgIpc) is 2.63. The van der Waals surface area contributed by atoms with Gasteiger partial charge in [0, 0.05) is 12.1 Å². The highest BCUT2D eigenvalue weighted by molar-refractivity contribution is 5.99. The van der Waals surface area contributed by atoms with E-state index >= 15 is 0 Å². The number of aryl methyl sites for hydroxylation is 1. The van der Waals surface area contributed by atoms with E-state index in [0.717, 1.165) is 12.1 Å². The summed E-state index contributed by atoms with van der Waals surface area (Å²) in [7, 11) is 0. The van der Waals surface area contributed by atoms with Crippen molar-refractivity contribution in [1.82, 2.24) is 0 Å². The number of nitrogens with one attached hydrogen (secondary N) is 1. The summed E-state index contributed by atoms with van der Waals surface area (Å²) < 4.78 is 5.04. The number of ether oxygens (including phenoxy) is 1.